The third-order valence-corrected chi connectivity index (χ3v) is 8.04. The minimum absolute atomic E-state index is 0.00450. The molecule has 11 heteroatoms. The van der Waals surface area contributed by atoms with Crippen LogP contribution in [0.25, 0.3) is 5.69 Å². The molecule has 34 heavy (non-hydrogen) atoms. The standard InChI is InChI=1S/C23H24Cl2N6O2S/c1-14-20(15(2)31(27-14)16-3-4-18(24)19(25)11-16)22(32)30-12-17(13-30)28-6-8-29(9-7-28)23(33)21-26-5-10-34-21/h3-5,10-11,17H,6-9,12-13H2,1-2H3. The predicted octanol–water partition coefficient (Wildman–Crippen LogP) is 3.53. The zero-order chi connectivity index (χ0) is 24.0. The van der Waals surface area contributed by atoms with Crippen molar-refractivity contribution in [3.05, 3.63) is 61.8 Å². The van der Waals surface area contributed by atoms with Crippen LogP contribution in [0.2, 0.25) is 10.0 Å². The summed E-state index contributed by atoms with van der Waals surface area (Å²) in [7, 11) is 0. The predicted molar refractivity (Wildman–Crippen MR) is 132 cm³/mol. The van der Waals surface area contributed by atoms with E-state index in [1.165, 1.54) is 11.3 Å². The topological polar surface area (TPSA) is 74.6 Å². The molecule has 0 saturated carbocycles. The number of rotatable bonds is 4. The van der Waals surface area contributed by atoms with Crippen molar-refractivity contribution in [2.45, 2.75) is 19.9 Å². The van der Waals surface area contributed by atoms with Crippen molar-refractivity contribution in [2.24, 2.45) is 0 Å². The number of nitrogens with zero attached hydrogens (tertiary/aromatic N) is 6. The lowest BCUT2D eigenvalue weighted by atomic mass is 10.0. The van der Waals surface area contributed by atoms with Crippen molar-refractivity contribution in [3.63, 3.8) is 0 Å². The van der Waals surface area contributed by atoms with Crippen LogP contribution in [0.15, 0.2) is 29.8 Å². The van der Waals surface area contributed by atoms with Gasteiger partial charge in [-0.3, -0.25) is 14.5 Å². The number of halogens is 2. The fourth-order valence-corrected chi connectivity index (χ4v) is 5.48. The Morgan fingerprint density at radius 1 is 1.00 bits per heavy atom. The number of carbonyl (C=O) groups excluding carboxylic acids is 2. The molecule has 0 spiro atoms. The lowest BCUT2D eigenvalue weighted by Gasteiger charge is -2.48. The number of carbonyl (C=O) groups is 2. The number of amides is 2. The number of piperazine rings is 1. The molecule has 3 aromatic rings. The average Bonchev–Trinajstić information content (AvgIpc) is 3.43. The molecule has 2 amide bonds. The van der Waals surface area contributed by atoms with Crippen LogP contribution in [0.3, 0.4) is 0 Å². The Morgan fingerprint density at radius 3 is 2.38 bits per heavy atom. The van der Waals surface area contributed by atoms with E-state index in [1.54, 1.807) is 23.0 Å². The maximum Gasteiger partial charge on any atom is 0.282 e. The summed E-state index contributed by atoms with van der Waals surface area (Å²) < 4.78 is 1.74. The van der Waals surface area contributed by atoms with Crippen molar-refractivity contribution in [1.29, 1.82) is 0 Å². The van der Waals surface area contributed by atoms with Crippen LogP contribution in [0, 0.1) is 13.8 Å². The summed E-state index contributed by atoms with van der Waals surface area (Å²) in [6.45, 7) is 8.06. The fourth-order valence-electron chi connectivity index (χ4n) is 4.59. The molecule has 2 fully saturated rings. The third-order valence-electron chi connectivity index (χ3n) is 6.54. The highest BCUT2D eigenvalue weighted by Gasteiger charge is 2.38. The van der Waals surface area contributed by atoms with E-state index in [2.05, 4.69) is 15.0 Å². The van der Waals surface area contributed by atoms with Gasteiger partial charge >= 0.3 is 0 Å². The molecule has 0 aliphatic carbocycles. The number of benzene rings is 1. The van der Waals surface area contributed by atoms with Crippen molar-refractivity contribution in [2.75, 3.05) is 39.3 Å². The first-order valence-electron chi connectivity index (χ1n) is 11.1. The van der Waals surface area contributed by atoms with Crippen LogP contribution in [0.1, 0.15) is 31.5 Å². The fraction of sp³-hybridized carbons (Fsp3) is 0.391. The zero-order valence-corrected chi connectivity index (χ0v) is 21.2. The van der Waals surface area contributed by atoms with Gasteiger partial charge < -0.3 is 9.80 Å². The first kappa shape index (κ1) is 23.3. The Kier molecular flexibility index (Phi) is 6.37. The Bertz CT molecular complexity index is 1230. The minimum Gasteiger partial charge on any atom is -0.335 e. The smallest absolute Gasteiger partial charge is 0.282 e. The van der Waals surface area contributed by atoms with Gasteiger partial charge in [0, 0.05) is 56.9 Å². The van der Waals surface area contributed by atoms with Gasteiger partial charge in [0.1, 0.15) is 0 Å². The Hall–Kier alpha value is -2.46. The van der Waals surface area contributed by atoms with Crippen molar-refractivity contribution >= 4 is 46.4 Å². The van der Waals surface area contributed by atoms with Crippen LogP contribution in [-0.2, 0) is 0 Å². The van der Waals surface area contributed by atoms with Gasteiger partial charge in [-0.25, -0.2) is 9.67 Å². The van der Waals surface area contributed by atoms with Crippen LogP contribution >= 0.6 is 34.5 Å². The average molecular weight is 519 g/mol. The molecular formula is C23H24Cl2N6O2S. The van der Waals surface area contributed by atoms with E-state index in [0.29, 0.717) is 58.5 Å². The molecule has 2 aromatic heterocycles. The molecule has 4 heterocycles. The van der Waals surface area contributed by atoms with Gasteiger partial charge in [-0.2, -0.15) is 5.10 Å². The third kappa shape index (κ3) is 4.22. The second kappa shape index (κ2) is 9.30. The molecule has 2 aliphatic rings. The molecular weight excluding hydrogens is 495 g/mol. The lowest BCUT2D eigenvalue weighted by Crippen LogP contribution is -2.64. The summed E-state index contributed by atoms with van der Waals surface area (Å²) >= 11 is 13.6. The minimum atomic E-state index is -0.00450. The van der Waals surface area contributed by atoms with E-state index < -0.39 is 0 Å². The number of thiazole rings is 1. The Balaban J connectivity index is 1.20. The number of likely N-dealkylation sites (tertiary alicyclic amines) is 1. The van der Waals surface area contributed by atoms with Crippen LogP contribution in [0.4, 0.5) is 0 Å². The van der Waals surface area contributed by atoms with Gasteiger partial charge in [0.25, 0.3) is 11.8 Å². The Morgan fingerprint density at radius 2 is 1.74 bits per heavy atom. The molecule has 1 aromatic carbocycles. The summed E-state index contributed by atoms with van der Waals surface area (Å²) in [5, 5.41) is 7.86. The highest BCUT2D eigenvalue weighted by molar-refractivity contribution is 7.11. The van der Waals surface area contributed by atoms with Crippen molar-refractivity contribution in [3.8, 4) is 5.69 Å². The van der Waals surface area contributed by atoms with E-state index in [4.69, 9.17) is 23.2 Å². The van der Waals surface area contributed by atoms with Crippen molar-refractivity contribution < 1.29 is 9.59 Å². The van der Waals surface area contributed by atoms with Gasteiger partial charge in [-0.05, 0) is 32.0 Å². The summed E-state index contributed by atoms with van der Waals surface area (Å²) in [5.41, 5.74) is 2.86. The first-order valence-corrected chi connectivity index (χ1v) is 12.7. The van der Waals surface area contributed by atoms with Crippen LogP contribution in [0.5, 0.6) is 0 Å². The molecule has 0 bridgehead atoms. The summed E-state index contributed by atoms with van der Waals surface area (Å²) in [6, 6.07) is 5.62. The molecule has 8 nitrogen and oxygen atoms in total. The second-order valence-electron chi connectivity index (χ2n) is 8.59. The highest BCUT2D eigenvalue weighted by Crippen LogP contribution is 2.28. The maximum atomic E-state index is 13.3. The van der Waals surface area contributed by atoms with E-state index in [0.717, 1.165) is 24.5 Å². The van der Waals surface area contributed by atoms with Gasteiger partial charge in [0.2, 0.25) is 0 Å². The molecule has 2 aliphatic heterocycles. The molecule has 5 rings (SSSR count). The SMILES string of the molecule is Cc1nn(-c2ccc(Cl)c(Cl)c2)c(C)c1C(=O)N1CC(N2CCN(C(=O)c3nccs3)CC2)C1. The molecule has 0 atom stereocenters. The number of aryl methyl sites for hydroxylation is 1. The Labute approximate surface area is 211 Å². The van der Waals surface area contributed by atoms with Crippen LogP contribution < -0.4 is 0 Å². The maximum absolute atomic E-state index is 13.3. The van der Waals surface area contributed by atoms with Crippen LogP contribution in [-0.4, -0.2) is 86.6 Å². The largest absolute Gasteiger partial charge is 0.335 e. The second-order valence-corrected chi connectivity index (χ2v) is 10.3. The normalized spacial score (nSPS) is 17.2. The van der Waals surface area contributed by atoms with E-state index in [-0.39, 0.29) is 11.8 Å². The number of hydrogen-bond acceptors (Lipinski definition) is 6. The molecule has 0 N–H and O–H groups in total. The molecule has 178 valence electrons. The van der Waals surface area contributed by atoms with Gasteiger partial charge in [0.15, 0.2) is 5.01 Å². The van der Waals surface area contributed by atoms with E-state index >= 15 is 0 Å². The van der Waals surface area contributed by atoms with Crippen molar-refractivity contribution in [1.82, 2.24) is 29.5 Å². The molecule has 0 unspecified atom stereocenters. The summed E-state index contributed by atoms with van der Waals surface area (Å²) in [5.74, 6) is 0.000134. The van der Waals surface area contributed by atoms with Gasteiger partial charge in [-0.15, -0.1) is 11.3 Å². The zero-order valence-electron chi connectivity index (χ0n) is 18.9. The highest BCUT2D eigenvalue weighted by atomic mass is 35.5. The number of aromatic nitrogens is 3. The first-order chi connectivity index (χ1) is 16.3. The molecule has 0 radical (unpaired) electrons. The van der Waals surface area contributed by atoms with E-state index in [1.807, 2.05) is 35.1 Å². The quantitative estimate of drug-likeness (QED) is 0.528. The summed E-state index contributed by atoms with van der Waals surface area (Å²) in [6.07, 6.45) is 1.66. The van der Waals surface area contributed by atoms with E-state index in [9.17, 15) is 9.59 Å². The van der Waals surface area contributed by atoms with Gasteiger partial charge in [0.05, 0.1) is 32.7 Å². The molecule has 2 saturated heterocycles. The lowest BCUT2D eigenvalue weighted by molar-refractivity contribution is 0.00846. The monoisotopic (exact) mass is 518 g/mol. The number of hydrogen-bond donors (Lipinski definition) is 0. The summed E-state index contributed by atoms with van der Waals surface area (Å²) in [4.78, 5) is 36.0. The van der Waals surface area contributed by atoms with Gasteiger partial charge in [-0.1, -0.05) is 23.2 Å².